The second-order valence-corrected chi connectivity index (χ2v) is 17.2. The molecule has 0 radical (unpaired) electrons. The second-order valence-electron chi connectivity index (χ2n) is 17.2. The predicted molar refractivity (Wildman–Crippen MR) is 245 cm³/mol. The van der Waals surface area contributed by atoms with Gasteiger partial charge in [-0.15, -0.1) is 12.1 Å². The summed E-state index contributed by atoms with van der Waals surface area (Å²) >= 11 is 0. The summed E-state index contributed by atoms with van der Waals surface area (Å²) in [6, 6.07) is 42.7. The van der Waals surface area contributed by atoms with Crippen molar-refractivity contribution in [3.05, 3.63) is 156 Å². The number of hydrogen-bond acceptors (Lipinski definition) is 3. The molecule has 300 valence electrons. The largest absolute Gasteiger partial charge is 2.00 e. The van der Waals surface area contributed by atoms with E-state index in [1.54, 1.807) is 0 Å². The van der Waals surface area contributed by atoms with Gasteiger partial charge in [0, 0.05) is 47.3 Å². The molecule has 0 N–H and O–H groups in total. The van der Waals surface area contributed by atoms with E-state index in [9.17, 15) is 0 Å². The molecule has 4 aromatic heterocycles. The first kappa shape index (κ1) is 39.7. The van der Waals surface area contributed by atoms with E-state index in [1.165, 1.54) is 55.3 Å². The number of hydrogen-bond donors (Lipinski definition) is 0. The quantitative estimate of drug-likeness (QED) is 0.113. The molecule has 0 atom stereocenters. The molecule has 60 heavy (non-hydrogen) atoms. The van der Waals surface area contributed by atoms with Crippen LogP contribution in [0.25, 0.3) is 76.9 Å². The Morgan fingerprint density at radius 3 is 1.20 bits per heavy atom. The maximum Gasteiger partial charge on any atom is 2.00 e. The summed E-state index contributed by atoms with van der Waals surface area (Å²) in [4.78, 5) is 9.72. The SMILES string of the molecule is CC(C)c1cccc(C(C)C)c1-c1cccc2c1c1ccc(Oc3[c-]c4c(cc3)c3c(-c5c(C(C)C)cccc5C(C)C)cccc3n3ccnc43)[c-]c1c1nccn21.[Pt+2]. The third-order valence-electron chi connectivity index (χ3n) is 12.2. The van der Waals surface area contributed by atoms with Gasteiger partial charge in [-0.1, -0.05) is 162 Å². The third kappa shape index (κ3) is 6.24. The Balaban J connectivity index is 0.00000462. The molecule has 0 unspecified atom stereocenters. The van der Waals surface area contributed by atoms with Gasteiger partial charge in [0.2, 0.25) is 0 Å². The standard InChI is InChI=1S/C54H48N4O.Pt/c1-31(2)37-13-9-14-38(32(3)4)49(37)43-17-11-19-47-51(43)41-23-21-35(29-45(41)53-55-25-27-57(47)53)59-36-22-24-42-46(30-36)54-56-26-28-58(54)48-20-12-18-44(52(42)48)50-39(33(5)6)15-10-16-40(50)34(7)8;/h9-28,31-34H,1-8H3;/q-2;+2. The molecule has 0 fully saturated rings. The average molecular weight is 964 g/mol. The van der Waals surface area contributed by atoms with Crippen LogP contribution < -0.4 is 4.74 Å². The molecule has 0 aliphatic rings. The van der Waals surface area contributed by atoms with Crippen LogP contribution in [0, 0.1) is 12.1 Å². The number of imidazole rings is 2. The van der Waals surface area contributed by atoms with Crippen LogP contribution in [0.15, 0.2) is 122 Å². The summed E-state index contributed by atoms with van der Waals surface area (Å²) in [7, 11) is 0. The Labute approximate surface area is 366 Å². The van der Waals surface area contributed by atoms with Crippen LogP contribution in [0.4, 0.5) is 0 Å². The zero-order valence-electron chi connectivity index (χ0n) is 35.4. The van der Waals surface area contributed by atoms with E-state index in [0.717, 1.165) is 43.9 Å². The minimum absolute atomic E-state index is 0. The number of pyridine rings is 2. The van der Waals surface area contributed by atoms with Gasteiger partial charge in [0.05, 0.1) is 11.3 Å². The normalized spacial score (nSPS) is 12.1. The van der Waals surface area contributed by atoms with Crippen LogP contribution in [-0.2, 0) is 21.1 Å². The molecule has 0 aliphatic heterocycles. The first-order valence-corrected chi connectivity index (χ1v) is 21.0. The number of aromatic nitrogens is 4. The van der Waals surface area contributed by atoms with E-state index < -0.39 is 0 Å². The second kappa shape index (κ2) is 15.4. The van der Waals surface area contributed by atoms with E-state index in [4.69, 9.17) is 14.7 Å². The minimum Gasteiger partial charge on any atom is -0.497 e. The number of rotatable bonds is 8. The smallest absolute Gasteiger partial charge is 0.497 e. The van der Waals surface area contributed by atoms with Gasteiger partial charge in [0.15, 0.2) is 0 Å². The van der Waals surface area contributed by atoms with Gasteiger partial charge in [0.25, 0.3) is 0 Å². The summed E-state index contributed by atoms with van der Waals surface area (Å²) < 4.78 is 11.1. The van der Waals surface area contributed by atoms with Crippen molar-refractivity contribution in [2.75, 3.05) is 0 Å². The molecule has 0 spiro atoms. The van der Waals surface area contributed by atoms with E-state index in [2.05, 4.69) is 174 Å². The zero-order valence-corrected chi connectivity index (χ0v) is 37.6. The van der Waals surface area contributed by atoms with Crippen LogP contribution in [0.5, 0.6) is 11.5 Å². The van der Waals surface area contributed by atoms with Crippen molar-refractivity contribution in [1.29, 1.82) is 0 Å². The molecule has 0 bridgehead atoms. The van der Waals surface area contributed by atoms with Crippen LogP contribution in [0.3, 0.4) is 0 Å². The van der Waals surface area contributed by atoms with Crippen LogP contribution >= 0.6 is 0 Å². The van der Waals surface area contributed by atoms with Crippen molar-refractivity contribution < 1.29 is 25.8 Å². The fraction of sp³-hybridized carbons (Fsp3) is 0.222. The Bertz CT molecular complexity index is 3010. The molecule has 10 aromatic rings. The maximum absolute atomic E-state index is 6.72. The van der Waals surface area contributed by atoms with Gasteiger partial charge in [0.1, 0.15) is 0 Å². The molecule has 10 rings (SSSR count). The van der Waals surface area contributed by atoms with E-state index in [1.807, 2.05) is 24.5 Å². The average Bonchev–Trinajstić information content (AvgIpc) is 3.95. The van der Waals surface area contributed by atoms with Crippen LogP contribution in [0.2, 0.25) is 0 Å². The summed E-state index contributed by atoms with van der Waals surface area (Å²) in [5, 5.41) is 6.39. The minimum atomic E-state index is 0. The fourth-order valence-corrected chi connectivity index (χ4v) is 9.51. The Morgan fingerprint density at radius 1 is 0.467 bits per heavy atom. The van der Waals surface area contributed by atoms with E-state index in [0.29, 0.717) is 35.2 Å². The van der Waals surface area contributed by atoms with Gasteiger partial charge in [-0.3, -0.25) is 9.97 Å². The number of benzene rings is 6. The Kier molecular flexibility index (Phi) is 10.2. The molecule has 0 aliphatic carbocycles. The van der Waals surface area contributed by atoms with E-state index in [-0.39, 0.29) is 21.1 Å². The van der Waals surface area contributed by atoms with E-state index >= 15 is 0 Å². The van der Waals surface area contributed by atoms with Crippen molar-refractivity contribution in [3.8, 4) is 33.8 Å². The van der Waals surface area contributed by atoms with Crippen molar-refractivity contribution in [2.45, 2.75) is 79.1 Å². The van der Waals surface area contributed by atoms with Crippen molar-refractivity contribution >= 4 is 54.6 Å². The Morgan fingerprint density at radius 2 is 0.833 bits per heavy atom. The molecule has 6 heteroatoms. The number of fused-ring (bicyclic) bond motifs is 12. The molecule has 0 saturated carbocycles. The van der Waals surface area contributed by atoms with Gasteiger partial charge >= 0.3 is 21.1 Å². The van der Waals surface area contributed by atoms with Crippen LogP contribution in [0.1, 0.15) is 101 Å². The molecule has 5 nitrogen and oxygen atoms in total. The number of nitrogens with zero attached hydrogens (tertiary/aromatic N) is 4. The summed E-state index contributed by atoms with van der Waals surface area (Å²) in [5.74, 6) is 2.68. The number of ether oxygens (including phenoxy) is 1. The summed E-state index contributed by atoms with van der Waals surface area (Å²) in [5.41, 5.74) is 14.5. The Hall–Kier alpha value is -5.77. The summed E-state index contributed by atoms with van der Waals surface area (Å²) in [6.45, 7) is 18.3. The maximum atomic E-state index is 6.72. The van der Waals surface area contributed by atoms with Gasteiger partial charge in [-0.2, -0.15) is 0 Å². The third-order valence-corrected chi connectivity index (χ3v) is 12.2. The van der Waals surface area contributed by atoms with Crippen molar-refractivity contribution in [1.82, 2.24) is 18.8 Å². The van der Waals surface area contributed by atoms with Crippen molar-refractivity contribution in [2.24, 2.45) is 0 Å². The molecule has 6 aromatic carbocycles. The molecule has 0 saturated heterocycles. The predicted octanol–water partition coefficient (Wildman–Crippen LogP) is 14.8. The molecular weight excluding hydrogens is 916 g/mol. The van der Waals surface area contributed by atoms with Gasteiger partial charge < -0.3 is 13.5 Å². The zero-order chi connectivity index (χ0) is 40.7. The fourth-order valence-electron chi connectivity index (χ4n) is 9.51. The van der Waals surface area contributed by atoms with Crippen LogP contribution in [-0.4, -0.2) is 18.8 Å². The molecule has 4 heterocycles. The molecule has 0 amide bonds. The topological polar surface area (TPSA) is 43.8 Å². The molecular formula is C54H48N4OPt. The first-order valence-electron chi connectivity index (χ1n) is 21.0. The van der Waals surface area contributed by atoms with Gasteiger partial charge in [-0.25, -0.2) is 0 Å². The summed E-state index contributed by atoms with van der Waals surface area (Å²) in [6.07, 6.45) is 7.85. The first-order chi connectivity index (χ1) is 28.6. The van der Waals surface area contributed by atoms with Crippen molar-refractivity contribution in [3.63, 3.8) is 0 Å². The van der Waals surface area contributed by atoms with Gasteiger partial charge in [-0.05, 0) is 91.1 Å². The monoisotopic (exact) mass is 963 g/mol.